The Kier molecular flexibility index (Phi) is 6.72. The number of aryl methyl sites for hydroxylation is 1. The van der Waals surface area contributed by atoms with Gasteiger partial charge in [-0.2, -0.15) is 0 Å². The van der Waals surface area contributed by atoms with E-state index in [4.69, 9.17) is 12.2 Å². The molecule has 0 bridgehead atoms. The van der Waals surface area contributed by atoms with Crippen LogP contribution in [0.5, 0.6) is 0 Å². The first-order chi connectivity index (χ1) is 13.7. The van der Waals surface area contributed by atoms with Gasteiger partial charge >= 0.3 is 0 Å². The highest BCUT2D eigenvalue weighted by Crippen LogP contribution is 2.25. The fourth-order valence-electron chi connectivity index (χ4n) is 4.62. The maximum atomic E-state index is 12.7. The number of amides is 1. The molecule has 3 rings (SSSR count). The van der Waals surface area contributed by atoms with E-state index in [1.807, 2.05) is 4.90 Å². The fourth-order valence-corrected chi connectivity index (χ4v) is 5.16. The zero-order valence-corrected chi connectivity index (χ0v) is 19.4. The zero-order chi connectivity index (χ0) is 21.2. The lowest BCUT2D eigenvalue weighted by molar-refractivity contribution is -0.131. The summed E-state index contributed by atoms with van der Waals surface area (Å²) in [6, 6.07) is 6.88. The number of rotatable bonds is 5. The largest absolute Gasteiger partial charge is 0.368 e. The van der Waals surface area contributed by atoms with Crippen molar-refractivity contribution in [3.05, 3.63) is 29.3 Å². The van der Waals surface area contributed by atoms with Gasteiger partial charge in [-0.15, -0.1) is 0 Å². The third kappa shape index (κ3) is 5.21. The van der Waals surface area contributed by atoms with Crippen molar-refractivity contribution in [2.45, 2.75) is 65.5 Å². The van der Waals surface area contributed by atoms with Crippen LogP contribution in [0.1, 0.15) is 51.2 Å². The second kappa shape index (κ2) is 8.90. The topological polar surface area (TPSA) is 38.8 Å². The molecule has 1 amide bonds. The van der Waals surface area contributed by atoms with E-state index in [1.165, 1.54) is 16.8 Å². The van der Waals surface area contributed by atoms with Gasteiger partial charge in [0.05, 0.1) is 0 Å². The van der Waals surface area contributed by atoms with E-state index in [0.717, 1.165) is 50.7 Å². The lowest BCUT2D eigenvalue weighted by Gasteiger charge is -2.45. The average Bonchev–Trinajstić information content (AvgIpc) is 2.65. The Bertz CT molecular complexity index is 755. The second-order valence-electron chi connectivity index (χ2n) is 9.25. The molecule has 1 unspecified atom stereocenters. The number of piperazine rings is 1. The van der Waals surface area contributed by atoms with Crippen LogP contribution in [-0.4, -0.2) is 65.1 Å². The van der Waals surface area contributed by atoms with Gasteiger partial charge in [-0.25, -0.2) is 0 Å². The van der Waals surface area contributed by atoms with Crippen molar-refractivity contribution in [1.29, 1.82) is 0 Å². The van der Waals surface area contributed by atoms with Crippen molar-refractivity contribution in [2.24, 2.45) is 0 Å². The first-order valence-electron chi connectivity index (χ1n) is 10.9. The molecule has 160 valence electrons. The van der Waals surface area contributed by atoms with Gasteiger partial charge in [-0.1, -0.05) is 12.1 Å². The van der Waals surface area contributed by atoms with Gasteiger partial charge in [-0.05, 0) is 76.9 Å². The predicted octanol–water partition coefficient (Wildman–Crippen LogP) is 3.48. The molecule has 0 saturated carbocycles. The maximum Gasteiger partial charge on any atom is 0.222 e. The van der Waals surface area contributed by atoms with Crippen molar-refractivity contribution >= 4 is 28.9 Å². The van der Waals surface area contributed by atoms with Gasteiger partial charge in [0, 0.05) is 56.4 Å². The molecule has 0 radical (unpaired) electrons. The van der Waals surface area contributed by atoms with E-state index >= 15 is 0 Å². The number of anilines is 1. The number of benzene rings is 1. The SMILES string of the molecule is Cc1cccc(N2CCN(C(=O)CCCN3C(=S)NC(C)(C)CC3C)CC2)c1C. The van der Waals surface area contributed by atoms with E-state index in [2.05, 4.69) is 67.9 Å². The van der Waals surface area contributed by atoms with Crippen molar-refractivity contribution in [1.82, 2.24) is 15.1 Å². The highest BCUT2D eigenvalue weighted by Gasteiger charge is 2.33. The molecule has 5 nitrogen and oxygen atoms in total. The average molecular weight is 417 g/mol. The molecule has 0 spiro atoms. The number of nitrogens with zero attached hydrogens (tertiary/aromatic N) is 3. The number of nitrogens with one attached hydrogen (secondary N) is 1. The van der Waals surface area contributed by atoms with Crippen LogP contribution in [0.25, 0.3) is 0 Å². The van der Waals surface area contributed by atoms with Gasteiger partial charge < -0.3 is 20.0 Å². The molecule has 0 aliphatic carbocycles. The quantitative estimate of drug-likeness (QED) is 0.744. The van der Waals surface area contributed by atoms with Crippen molar-refractivity contribution in [2.75, 3.05) is 37.6 Å². The summed E-state index contributed by atoms with van der Waals surface area (Å²) in [6.07, 6.45) is 2.50. The Hall–Kier alpha value is -1.82. The summed E-state index contributed by atoms with van der Waals surface area (Å²) in [7, 11) is 0. The molecule has 1 aromatic rings. The van der Waals surface area contributed by atoms with E-state index in [9.17, 15) is 4.79 Å². The fraction of sp³-hybridized carbons (Fsp3) is 0.652. The summed E-state index contributed by atoms with van der Waals surface area (Å²) in [5.74, 6) is 0.273. The Morgan fingerprint density at radius 1 is 1.21 bits per heavy atom. The molecule has 2 fully saturated rings. The lowest BCUT2D eigenvalue weighted by atomic mass is 9.93. The molecule has 2 saturated heterocycles. The molecule has 1 N–H and O–H groups in total. The van der Waals surface area contributed by atoms with Crippen LogP contribution < -0.4 is 10.2 Å². The Morgan fingerprint density at radius 3 is 2.55 bits per heavy atom. The van der Waals surface area contributed by atoms with Gasteiger partial charge in [0.15, 0.2) is 5.11 Å². The smallest absolute Gasteiger partial charge is 0.222 e. The minimum absolute atomic E-state index is 0.0537. The molecule has 1 atom stereocenters. The summed E-state index contributed by atoms with van der Waals surface area (Å²) in [6.45, 7) is 15.2. The molecule has 2 aliphatic rings. The normalized spacial score (nSPS) is 21.9. The molecule has 0 aromatic heterocycles. The van der Waals surface area contributed by atoms with E-state index < -0.39 is 0 Å². The van der Waals surface area contributed by atoms with Crippen LogP contribution in [0.4, 0.5) is 5.69 Å². The third-order valence-electron chi connectivity index (χ3n) is 6.38. The summed E-state index contributed by atoms with van der Waals surface area (Å²) in [5, 5.41) is 4.25. The van der Waals surface area contributed by atoms with Crippen molar-refractivity contribution in [3.63, 3.8) is 0 Å². The molecular weight excluding hydrogens is 380 g/mol. The third-order valence-corrected chi connectivity index (χ3v) is 6.72. The standard InChI is InChI=1S/C23H36N4OS/c1-17-8-6-9-20(19(17)3)25-12-14-26(15-13-25)21(28)10-7-11-27-18(2)16-23(4,5)24-22(27)29/h6,8-9,18H,7,10-16H2,1-5H3,(H,24,29). The first kappa shape index (κ1) is 21.9. The maximum absolute atomic E-state index is 12.7. The lowest BCUT2D eigenvalue weighted by Crippen LogP contribution is -2.60. The van der Waals surface area contributed by atoms with Crippen LogP contribution in [-0.2, 0) is 4.79 Å². The summed E-state index contributed by atoms with van der Waals surface area (Å²) in [5.41, 5.74) is 4.03. The van der Waals surface area contributed by atoms with Gasteiger partial charge in [0.25, 0.3) is 0 Å². The van der Waals surface area contributed by atoms with E-state index in [-0.39, 0.29) is 11.4 Å². The van der Waals surface area contributed by atoms with Crippen LogP contribution >= 0.6 is 12.2 Å². The Labute approximate surface area is 181 Å². The molecule has 29 heavy (non-hydrogen) atoms. The second-order valence-corrected chi connectivity index (χ2v) is 9.64. The van der Waals surface area contributed by atoms with Gasteiger partial charge in [0.1, 0.15) is 0 Å². The van der Waals surface area contributed by atoms with Crippen molar-refractivity contribution < 1.29 is 4.79 Å². The number of hydrogen-bond acceptors (Lipinski definition) is 3. The highest BCUT2D eigenvalue weighted by molar-refractivity contribution is 7.80. The monoisotopic (exact) mass is 416 g/mol. The summed E-state index contributed by atoms with van der Waals surface area (Å²) in [4.78, 5) is 19.4. The minimum atomic E-state index is 0.0537. The first-order valence-corrected chi connectivity index (χ1v) is 11.3. The zero-order valence-electron chi connectivity index (χ0n) is 18.6. The molecule has 2 heterocycles. The summed E-state index contributed by atoms with van der Waals surface area (Å²) >= 11 is 5.55. The Morgan fingerprint density at radius 2 is 1.90 bits per heavy atom. The molecule has 6 heteroatoms. The molecular formula is C23H36N4OS. The number of thiocarbonyl (C=S) groups is 1. The van der Waals surface area contributed by atoms with Crippen LogP contribution in [0.15, 0.2) is 18.2 Å². The number of hydrogen-bond donors (Lipinski definition) is 1. The predicted molar refractivity (Wildman–Crippen MR) is 125 cm³/mol. The number of carbonyl (C=O) groups is 1. The van der Waals surface area contributed by atoms with Gasteiger partial charge in [-0.3, -0.25) is 4.79 Å². The van der Waals surface area contributed by atoms with Gasteiger partial charge in [0.2, 0.25) is 5.91 Å². The van der Waals surface area contributed by atoms with Crippen molar-refractivity contribution in [3.8, 4) is 0 Å². The summed E-state index contributed by atoms with van der Waals surface area (Å²) < 4.78 is 0. The molecule has 1 aromatic carbocycles. The van der Waals surface area contributed by atoms with Crippen LogP contribution in [0, 0.1) is 13.8 Å². The van der Waals surface area contributed by atoms with Crippen LogP contribution in [0.3, 0.4) is 0 Å². The number of carbonyl (C=O) groups excluding carboxylic acids is 1. The Balaban J connectivity index is 1.44. The highest BCUT2D eigenvalue weighted by atomic mass is 32.1. The van der Waals surface area contributed by atoms with E-state index in [1.54, 1.807) is 0 Å². The van der Waals surface area contributed by atoms with E-state index in [0.29, 0.717) is 12.5 Å². The minimum Gasteiger partial charge on any atom is -0.368 e. The molecule has 2 aliphatic heterocycles. The van der Waals surface area contributed by atoms with Crippen LogP contribution in [0.2, 0.25) is 0 Å².